The molecule has 1 aliphatic heterocycles. The number of carboxylic acid groups (broad SMARTS) is 1. The first-order valence-electron chi connectivity index (χ1n) is 5.77. The third kappa shape index (κ3) is 3.19. The van der Waals surface area contributed by atoms with Gasteiger partial charge in [0.2, 0.25) is 0 Å². The molecule has 0 saturated carbocycles. The summed E-state index contributed by atoms with van der Waals surface area (Å²) in [6.45, 7) is 0.0184. The Hall–Kier alpha value is -1.71. The van der Waals surface area contributed by atoms with E-state index in [1.54, 1.807) is 0 Å². The number of hydrogen-bond donors (Lipinski definition) is 2. The van der Waals surface area contributed by atoms with Gasteiger partial charge in [-0.2, -0.15) is 53.2 Å². The molecule has 4 nitrogen and oxygen atoms in total. The van der Waals surface area contributed by atoms with Crippen LogP contribution in [0.3, 0.4) is 0 Å². The van der Waals surface area contributed by atoms with Gasteiger partial charge in [0.05, 0.1) is 6.61 Å². The summed E-state index contributed by atoms with van der Waals surface area (Å²) in [6.07, 6.45) is -9.00. The van der Waals surface area contributed by atoms with E-state index in [-0.39, 0.29) is 0 Å². The zero-order chi connectivity index (χ0) is 21.5. The van der Waals surface area contributed by atoms with Gasteiger partial charge in [-0.15, -0.1) is 0 Å². The van der Waals surface area contributed by atoms with Crippen molar-refractivity contribution in [2.75, 3.05) is 6.61 Å². The molecule has 0 aromatic rings. The first-order chi connectivity index (χ1) is 11.2. The van der Waals surface area contributed by atoms with Crippen molar-refractivity contribution in [1.82, 2.24) is 4.90 Å². The normalized spacial score (nSPS) is 28.0. The van der Waals surface area contributed by atoms with Crippen LogP contribution >= 0.6 is 0 Å². The van der Waals surface area contributed by atoms with Gasteiger partial charge in [0.15, 0.2) is 0 Å². The Labute approximate surface area is 135 Å². The smallest absolute Gasteiger partial charge is 0.436 e. The predicted octanol–water partition coefficient (Wildman–Crippen LogP) is 3.24. The number of nitrogens with zero attached hydrogens (tertiary/aromatic N) is 1. The second kappa shape index (κ2) is 6.79. The van der Waals surface area contributed by atoms with Crippen molar-refractivity contribution in [1.29, 1.82) is 0 Å². The third-order valence-electron chi connectivity index (χ3n) is 2.99. The number of halogens is 12. The summed E-state index contributed by atoms with van der Waals surface area (Å²) in [6, 6.07) is -16.8. The molecule has 0 bridgehead atoms. The van der Waals surface area contributed by atoms with E-state index in [9.17, 15) is 57.5 Å². The second-order valence-corrected chi connectivity index (χ2v) is 4.56. The van der Waals surface area contributed by atoms with Crippen LogP contribution in [0.5, 0.6) is 0 Å². The van der Waals surface area contributed by atoms with E-state index in [1.165, 1.54) is 0 Å². The Morgan fingerprint density at radius 2 is 1.35 bits per heavy atom. The first kappa shape index (κ1) is 24.3. The molecule has 26 heavy (non-hydrogen) atoms. The number of aliphatic carboxylic acids is 1. The summed E-state index contributed by atoms with van der Waals surface area (Å²) in [5, 5.41) is 16.8. The van der Waals surface area contributed by atoms with E-state index in [0.29, 0.717) is 0 Å². The highest BCUT2D eigenvalue weighted by Gasteiger charge is 2.99. The lowest BCUT2D eigenvalue weighted by atomic mass is 9.97. The maximum atomic E-state index is 13.5. The quantitative estimate of drug-likeness (QED) is 0.547. The van der Waals surface area contributed by atoms with Gasteiger partial charge >= 0.3 is 35.8 Å². The number of alkyl halides is 10. The number of rotatable bonds is 3. The van der Waals surface area contributed by atoms with Gasteiger partial charge in [-0.3, -0.25) is 4.79 Å². The molecule has 154 valence electrons. The van der Waals surface area contributed by atoms with Gasteiger partial charge in [0.1, 0.15) is 6.04 Å². The Balaban J connectivity index is 0.00000141. The Morgan fingerprint density at radius 3 is 1.54 bits per heavy atom. The first-order valence-corrected chi connectivity index (χ1v) is 5.77. The van der Waals surface area contributed by atoms with Crippen LogP contribution in [0.15, 0.2) is 12.7 Å². The molecule has 0 spiro atoms. The van der Waals surface area contributed by atoms with Crippen molar-refractivity contribution in [2.24, 2.45) is 0 Å². The molecule has 0 amide bonds. The number of carboxylic acids is 1. The van der Waals surface area contributed by atoms with Crippen molar-refractivity contribution in [3.63, 3.8) is 0 Å². The molecule has 0 aliphatic carbocycles. The molecule has 0 aromatic heterocycles. The average molecular weight is 417 g/mol. The zero-order valence-corrected chi connectivity index (χ0v) is 11.8. The van der Waals surface area contributed by atoms with Crippen molar-refractivity contribution in [3.8, 4) is 0 Å². The summed E-state index contributed by atoms with van der Waals surface area (Å²) in [7, 11) is 0. The highest BCUT2D eigenvalue weighted by atomic mass is 19.4. The SMILES string of the molecule is C=C(F)F.O=C(O)[C@H](CO)N1C(F)(F)C(F)(F)C(F)(C(F)(F)F)C1(F)F. The van der Waals surface area contributed by atoms with Gasteiger partial charge in [-0.25, -0.2) is 4.39 Å². The van der Waals surface area contributed by atoms with E-state index < -0.39 is 59.5 Å². The summed E-state index contributed by atoms with van der Waals surface area (Å²) < 4.78 is 150. The van der Waals surface area contributed by atoms with Crippen LogP contribution in [0, 0.1) is 0 Å². The number of carbonyl (C=O) groups is 1. The van der Waals surface area contributed by atoms with E-state index in [0.717, 1.165) is 0 Å². The lowest BCUT2D eigenvalue weighted by Crippen LogP contribution is -2.64. The maximum absolute atomic E-state index is 13.5. The molecule has 1 aliphatic rings. The Morgan fingerprint density at radius 1 is 1.00 bits per heavy atom. The lowest BCUT2D eigenvalue weighted by molar-refractivity contribution is -0.360. The van der Waals surface area contributed by atoms with Crippen molar-refractivity contribution >= 4 is 5.97 Å². The number of aliphatic hydroxyl groups is 1. The number of hydrogen-bond acceptors (Lipinski definition) is 3. The van der Waals surface area contributed by atoms with Crippen LogP contribution in [0.1, 0.15) is 0 Å². The summed E-state index contributed by atoms with van der Waals surface area (Å²) in [5.41, 5.74) is -7.07. The molecule has 0 radical (unpaired) electrons. The second-order valence-electron chi connectivity index (χ2n) is 4.56. The van der Waals surface area contributed by atoms with Crippen molar-refractivity contribution < 1.29 is 67.7 Å². The molecule has 1 unspecified atom stereocenters. The average Bonchev–Trinajstić information content (AvgIpc) is 2.46. The summed E-state index contributed by atoms with van der Waals surface area (Å²) >= 11 is 0. The minimum atomic E-state index is -7.17. The van der Waals surface area contributed by atoms with Crippen LogP contribution < -0.4 is 0 Å². The highest BCUT2D eigenvalue weighted by Crippen LogP contribution is 2.67. The van der Waals surface area contributed by atoms with Crippen LogP contribution in [-0.4, -0.2) is 63.6 Å². The fourth-order valence-corrected chi connectivity index (χ4v) is 1.90. The molecule has 2 N–H and O–H groups in total. The fourth-order valence-electron chi connectivity index (χ4n) is 1.90. The number of aliphatic hydroxyl groups excluding tert-OH is 1. The number of likely N-dealkylation sites (tertiary alicyclic amines) is 1. The standard InChI is InChI=1S/C8H5F10NO3.C2H2F2/c9-4(6(12,13)14)5(10,11)8(17,18)19(7(4,15)16)2(1-20)3(21)22;1-2(3)4/h2,20H,1H2,(H,21,22);1H2/t2-,4?;/m0./s1. The van der Waals surface area contributed by atoms with Crippen molar-refractivity contribution in [3.05, 3.63) is 12.7 Å². The van der Waals surface area contributed by atoms with Gasteiger partial charge in [-0.1, -0.05) is 0 Å². The topological polar surface area (TPSA) is 60.8 Å². The van der Waals surface area contributed by atoms with Crippen LogP contribution in [0.4, 0.5) is 52.7 Å². The monoisotopic (exact) mass is 417 g/mol. The summed E-state index contributed by atoms with van der Waals surface area (Å²) in [4.78, 5) is 7.97. The van der Waals surface area contributed by atoms with Crippen LogP contribution in [-0.2, 0) is 4.79 Å². The summed E-state index contributed by atoms with van der Waals surface area (Å²) in [5.74, 6) is -9.81. The lowest BCUT2D eigenvalue weighted by Gasteiger charge is -2.34. The van der Waals surface area contributed by atoms with E-state index >= 15 is 0 Å². The third-order valence-corrected chi connectivity index (χ3v) is 2.99. The molecule has 16 heteroatoms. The van der Waals surface area contributed by atoms with Crippen molar-refractivity contribution in [2.45, 2.75) is 35.9 Å². The molecule has 1 heterocycles. The molecule has 2 atom stereocenters. The molecule has 1 saturated heterocycles. The van der Waals surface area contributed by atoms with Gasteiger partial charge in [-0.05, 0) is 6.58 Å². The molecule has 1 rings (SSSR count). The highest BCUT2D eigenvalue weighted by molar-refractivity contribution is 5.74. The van der Waals surface area contributed by atoms with Crippen LogP contribution in [0.2, 0.25) is 0 Å². The van der Waals surface area contributed by atoms with E-state index in [1.807, 2.05) is 0 Å². The minimum Gasteiger partial charge on any atom is -0.480 e. The molecular weight excluding hydrogens is 410 g/mol. The molecule has 1 fully saturated rings. The zero-order valence-electron chi connectivity index (χ0n) is 11.8. The maximum Gasteiger partial charge on any atom is 0.436 e. The van der Waals surface area contributed by atoms with E-state index in [2.05, 4.69) is 6.58 Å². The van der Waals surface area contributed by atoms with E-state index in [4.69, 9.17) is 10.2 Å². The molecule has 0 aromatic carbocycles. The van der Waals surface area contributed by atoms with Crippen LogP contribution in [0.25, 0.3) is 0 Å². The largest absolute Gasteiger partial charge is 0.480 e. The predicted molar refractivity (Wildman–Crippen MR) is 56.4 cm³/mol. The Kier molecular flexibility index (Phi) is 6.34. The Bertz CT molecular complexity index is 558. The minimum absolute atomic E-state index is 1.83. The molecular formula is C10H7F12NO3. The van der Waals surface area contributed by atoms with Gasteiger partial charge in [0.25, 0.3) is 6.08 Å². The fraction of sp³-hybridized carbons (Fsp3) is 0.700. The van der Waals surface area contributed by atoms with Gasteiger partial charge < -0.3 is 10.2 Å². The van der Waals surface area contributed by atoms with Gasteiger partial charge in [0, 0.05) is 0 Å².